The van der Waals surface area contributed by atoms with E-state index < -0.39 is 0 Å². The van der Waals surface area contributed by atoms with Crippen LogP contribution in [0.15, 0.2) is 58.4 Å². The first-order valence-corrected chi connectivity index (χ1v) is 10.2. The molecule has 2 aromatic heterocycles. The smallest absolute Gasteiger partial charge is 0.251 e. The molecule has 0 unspecified atom stereocenters. The summed E-state index contributed by atoms with van der Waals surface area (Å²) in [5.41, 5.74) is 3.89. The molecule has 0 aliphatic heterocycles. The van der Waals surface area contributed by atoms with Crippen LogP contribution in [0.3, 0.4) is 0 Å². The van der Waals surface area contributed by atoms with Crippen molar-refractivity contribution in [3.8, 4) is 11.4 Å². The lowest BCUT2D eigenvalue weighted by Crippen LogP contribution is -2.26. The lowest BCUT2D eigenvalue weighted by atomic mass is 10.1. The van der Waals surface area contributed by atoms with Crippen LogP contribution in [-0.2, 0) is 6.42 Å². The zero-order valence-electron chi connectivity index (χ0n) is 14.6. The van der Waals surface area contributed by atoms with Crippen LogP contribution in [0.5, 0.6) is 0 Å². The third-order valence-electron chi connectivity index (χ3n) is 4.21. The molecule has 2 heterocycles. The fourth-order valence-electron chi connectivity index (χ4n) is 2.76. The topological polar surface area (TPSA) is 59.3 Å². The van der Waals surface area contributed by atoms with Crippen molar-refractivity contribution in [3.05, 3.63) is 75.2 Å². The van der Waals surface area contributed by atoms with Crippen molar-refractivity contribution in [1.82, 2.24) is 19.9 Å². The van der Waals surface area contributed by atoms with E-state index in [0.29, 0.717) is 18.5 Å². The van der Waals surface area contributed by atoms with Crippen molar-refractivity contribution in [3.63, 3.8) is 0 Å². The predicted molar refractivity (Wildman–Crippen MR) is 111 cm³/mol. The first kappa shape index (κ1) is 17.9. The maximum Gasteiger partial charge on any atom is 0.251 e. The summed E-state index contributed by atoms with van der Waals surface area (Å²) in [6.07, 6.45) is 0.691. The quantitative estimate of drug-likeness (QED) is 0.496. The first-order valence-electron chi connectivity index (χ1n) is 8.54. The van der Waals surface area contributed by atoms with Gasteiger partial charge in [-0.15, -0.1) is 16.4 Å². The highest BCUT2D eigenvalue weighted by Crippen LogP contribution is 2.21. The van der Waals surface area contributed by atoms with Gasteiger partial charge in [0.15, 0.2) is 5.82 Å². The third-order valence-corrected chi connectivity index (χ3v) is 5.57. The molecule has 1 amide bonds. The summed E-state index contributed by atoms with van der Waals surface area (Å²) in [4.78, 5) is 17.7. The Balaban J connectivity index is 1.45. The fraction of sp³-hybridized carbons (Fsp3) is 0.150. The van der Waals surface area contributed by atoms with E-state index in [1.807, 2.05) is 40.2 Å². The van der Waals surface area contributed by atoms with Crippen molar-refractivity contribution in [2.24, 2.45) is 0 Å². The monoisotopic (exact) mass is 440 g/mol. The van der Waals surface area contributed by atoms with Gasteiger partial charge < -0.3 is 5.32 Å². The van der Waals surface area contributed by atoms with E-state index in [4.69, 9.17) is 0 Å². The van der Waals surface area contributed by atoms with Crippen LogP contribution in [-0.4, -0.2) is 27.0 Å². The van der Waals surface area contributed by atoms with Gasteiger partial charge in [-0.3, -0.25) is 4.79 Å². The Hall–Kier alpha value is -2.51. The molecule has 0 spiro atoms. The second-order valence-electron chi connectivity index (χ2n) is 6.24. The van der Waals surface area contributed by atoms with E-state index in [-0.39, 0.29) is 5.91 Å². The molecule has 0 radical (unpaired) electrons. The zero-order chi connectivity index (χ0) is 18.8. The molecule has 0 bridgehead atoms. The van der Waals surface area contributed by atoms with Gasteiger partial charge >= 0.3 is 0 Å². The molecular weight excluding hydrogens is 424 g/mol. The Morgan fingerprint density at radius 2 is 2.04 bits per heavy atom. The first-order chi connectivity index (χ1) is 13.1. The summed E-state index contributed by atoms with van der Waals surface area (Å²) >= 11 is 4.95. The number of rotatable bonds is 5. The number of aryl methyl sites for hydroxylation is 1. The van der Waals surface area contributed by atoms with Gasteiger partial charge in [0.1, 0.15) is 0 Å². The highest BCUT2D eigenvalue weighted by atomic mass is 79.9. The molecule has 4 aromatic rings. The molecule has 0 fully saturated rings. The van der Waals surface area contributed by atoms with E-state index in [1.54, 1.807) is 17.4 Å². The number of aromatic nitrogens is 3. The molecular formula is C20H17BrN4OS. The molecule has 136 valence electrons. The number of fused-ring (bicyclic) bond motifs is 1. The van der Waals surface area contributed by atoms with Crippen molar-refractivity contribution in [1.29, 1.82) is 0 Å². The number of hydrogen-bond acceptors (Lipinski definition) is 4. The van der Waals surface area contributed by atoms with E-state index in [2.05, 4.69) is 50.4 Å². The maximum atomic E-state index is 12.2. The van der Waals surface area contributed by atoms with E-state index in [0.717, 1.165) is 26.5 Å². The van der Waals surface area contributed by atoms with Gasteiger partial charge in [0.05, 0.1) is 5.69 Å². The largest absolute Gasteiger partial charge is 0.352 e. The summed E-state index contributed by atoms with van der Waals surface area (Å²) < 4.78 is 2.76. The molecule has 27 heavy (non-hydrogen) atoms. The van der Waals surface area contributed by atoms with Crippen molar-refractivity contribution in [2.75, 3.05) is 6.54 Å². The molecule has 1 N–H and O–H groups in total. The van der Waals surface area contributed by atoms with Gasteiger partial charge in [-0.25, -0.2) is 4.52 Å². The SMILES string of the molecule is Cc1ccc(-c2nc3scc(CCNC(=O)c4cccc(Br)c4)n3n2)cc1. The van der Waals surface area contributed by atoms with E-state index >= 15 is 0 Å². The molecule has 0 saturated heterocycles. The van der Waals surface area contributed by atoms with E-state index in [1.165, 1.54) is 5.56 Å². The average Bonchev–Trinajstić information content (AvgIpc) is 3.24. The van der Waals surface area contributed by atoms with Crippen molar-refractivity contribution >= 4 is 38.1 Å². The lowest BCUT2D eigenvalue weighted by molar-refractivity contribution is 0.0954. The number of benzene rings is 2. The highest BCUT2D eigenvalue weighted by Gasteiger charge is 2.12. The molecule has 5 nitrogen and oxygen atoms in total. The minimum absolute atomic E-state index is 0.0818. The number of thiazole rings is 1. The summed E-state index contributed by atoms with van der Waals surface area (Å²) in [6, 6.07) is 15.5. The Bertz CT molecular complexity index is 1100. The fourth-order valence-corrected chi connectivity index (χ4v) is 4.01. The van der Waals surface area contributed by atoms with Crippen molar-refractivity contribution in [2.45, 2.75) is 13.3 Å². The summed E-state index contributed by atoms with van der Waals surface area (Å²) in [6.45, 7) is 2.60. The molecule has 0 aliphatic rings. The van der Waals surface area contributed by atoms with Gasteiger partial charge in [0.25, 0.3) is 5.91 Å². The standard InChI is InChI=1S/C20H17BrN4OS/c1-13-5-7-14(8-6-13)18-23-20-25(24-18)17(12-27-20)9-10-22-19(26)15-3-2-4-16(21)11-15/h2-8,11-12H,9-10H2,1H3,(H,22,26). The van der Waals surface area contributed by atoms with Gasteiger partial charge in [0.2, 0.25) is 4.96 Å². The molecule has 0 aliphatic carbocycles. The number of amides is 1. The predicted octanol–water partition coefficient (Wildman–Crippen LogP) is 4.50. The number of halogens is 1. The van der Waals surface area contributed by atoms with Crippen LogP contribution in [0.1, 0.15) is 21.6 Å². The molecule has 0 saturated carbocycles. The maximum absolute atomic E-state index is 12.2. The lowest BCUT2D eigenvalue weighted by Gasteiger charge is -2.05. The minimum Gasteiger partial charge on any atom is -0.352 e. The number of nitrogens with zero attached hydrogens (tertiary/aromatic N) is 3. The third kappa shape index (κ3) is 3.94. The Labute approximate surface area is 169 Å². The Morgan fingerprint density at radius 3 is 2.81 bits per heavy atom. The normalized spacial score (nSPS) is 11.0. The average molecular weight is 441 g/mol. The second kappa shape index (κ2) is 7.62. The van der Waals surface area contributed by atoms with Gasteiger partial charge in [-0.1, -0.05) is 51.8 Å². The Kier molecular flexibility index (Phi) is 5.05. The molecule has 2 aromatic carbocycles. The summed E-state index contributed by atoms with van der Waals surface area (Å²) in [5, 5.41) is 9.64. The second-order valence-corrected chi connectivity index (χ2v) is 7.99. The van der Waals surface area contributed by atoms with Gasteiger partial charge in [0, 0.05) is 33.9 Å². The van der Waals surface area contributed by atoms with Crippen LogP contribution >= 0.6 is 27.3 Å². The van der Waals surface area contributed by atoms with Gasteiger partial charge in [-0.05, 0) is 25.1 Å². The Morgan fingerprint density at radius 1 is 1.22 bits per heavy atom. The van der Waals surface area contributed by atoms with Crippen LogP contribution < -0.4 is 5.32 Å². The van der Waals surface area contributed by atoms with Crippen LogP contribution in [0.25, 0.3) is 16.3 Å². The highest BCUT2D eigenvalue weighted by molar-refractivity contribution is 9.10. The zero-order valence-corrected chi connectivity index (χ0v) is 17.0. The van der Waals surface area contributed by atoms with E-state index in [9.17, 15) is 4.79 Å². The number of nitrogens with one attached hydrogen (secondary N) is 1. The van der Waals surface area contributed by atoms with Crippen LogP contribution in [0, 0.1) is 6.92 Å². The molecule has 4 rings (SSSR count). The summed E-state index contributed by atoms with van der Waals surface area (Å²) in [7, 11) is 0. The van der Waals surface area contributed by atoms with Crippen molar-refractivity contribution < 1.29 is 4.79 Å². The number of carbonyl (C=O) groups is 1. The van der Waals surface area contributed by atoms with Crippen LogP contribution in [0.4, 0.5) is 0 Å². The van der Waals surface area contributed by atoms with Crippen LogP contribution in [0.2, 0.25) is 0 Å². The molecule has 7 heteroatoms. The minimum atomic E-state index is -0.0818. The number of hydrogen-bond donors (Lipinski definition) is 1. The number of carbonyl (C=O) groups excluding carboxylic acids is 1. The van der Waals surface area contributed by atoms with Gasteiger partial charge in [-0.2, -0.15) is 4.98 Å². The molecule has 0 atom stereocenters. The summed E-state index contributed by atoms with van der Waals surface area (Å²) in [5.74, 6) is 0.642.